The van der Waals surface area contributed by atoms with Crippen LogP contribution >= 0.6 is 35.3 Å². The monoisotopic (exact) mass is 476 g/mol. The molecule has 0 bridgehead atoms. The molecule has 1 atom stereocenters. The van der Waals surface area contributed by atoms with E-state index in [-0.39, 0.29) is 24.0 Å². The predicted molar refractivity (Wildman–Crippen MR) is 111 cm³/mol. The van der Waals surface area contributed by atoms with E-state index < -0.39 is 0 Å². The van der Waals surface area contributed by atoms with Gasteiger partial charge in [0.2, 0.25) is 0 Å². The van der Waals surface area contributed by atoms with Crippen LogP contribution < -0.4 is 10.6 Å². The number of thiophene rings is 1. The number of fused-ring (bicyclic) bond motifs is 1. The molecule has 7 nitrogen and oxygen atoms in total. The molecule has 3 heterocycles. The van der Waals surface area contributed by atoms with Crippen molar-refractivity contribution in [2.45, 2.75) is 45.5 Å². The number of ether oxygens (including phenoxy) is 1. The first-order chi connectivity index (χ1) is 11.7. The van der Waals surface area contributed by atoms with Crippen LogP contribution in [0.25, 0.3) is 0 Å². The lowest BCUT2D eigenvalue weighted by Crippen LogP contribution is -2.46. The maximum absolute atomic E-state index is 5.11. The number of hydrogen-bond donors (Lipinski definition) is 2. The molecule has 0 spiro atoms. The Labute approximate surface area is 169 Å². The van der Waals surface area contributed by atoms with Crippen LogP contribution in [-0.4, -0.2) is 40.9 Å². The highest BCUT2D eigenvalue weighted by Gasteiger charge is 2.22. The quantitative estimate of drug-likeness (QED) is 0.393. The lowest BCUT2D eigenvalue weighted by atomic mass is 10.1. The first-order valence-corrected chi connectivity index (χ1v) is 8.99. The summed E-state index contributed by atoms with van der Waals surface area (Å²) in [5.74, 6) is 2.62. The minimum atomic E-state index is 0. The van der Waals surface area contributed by atoms with Gasteiger partial charge < -0.3 is 15.4 Å². The minimum absolute atomic E-state index is 0. The largest absolute Gasteiger partial charge is 0.377 e. The summed E-state index contributed by atoms with van der Waals surface area (Å²) in [5.41, 5.74) is 1.32. The second-order valence-corrected chi connectivity index (χ2v) is 6.89. The number of halogens is 1. The second kappa shape index (κ2) is 9.48. The van der Waals surface area contributed by atoms with Gasteiger partial charge in [0.15, 0.2) is 11.8 Å². The number of aliphatic imine (C=N–C) groups is 1. The fraction of sp³-hybridized carbons (Fsp3) is 0.562. The third-order valence-electron chi connectivity index (χ3n) is 4.12. The number of rotatable bonds is 5. The highest BCUT2D eigenvalue weighted by atomic mass is 127. The van der Waals surface area contributed by atoms with Gasteiger partial charge in [-0.3, -0.25) is 4.99 Å². The van der Waals surface area contributed by atoms with E-state index in [9.17, 15) is 0 Å². The molecule has 0 saturated heterocycles. The van der Waals surface area contributed by atoms with E-state index in [1.807, 2.05) is 4.68 Å². The van der Waals surface area contributed by atoms with Crippen LogP contribution in [0.1, 0.15) is 28.5 Å². The molecular formula is C16H25IN6OS. The smallest absolute Gasteiger partial charge is 0.191 e. The lowest BCUT2D eigenvalue weighted by molar-refractivity contribution is 0.177. The van der Waals surface area contributed by atoms with Crippen molar-refractivity contribution in [3.05, 3.63) is 33.5 Å². The van der Waals surface area contributed by atoms with Gasteiger partial charge in [0, 0.05) is 31.5 Å². The van der Waals surface area contributed by atoms with Gasteiger partial charge in [-0.2, -0.15) is 5.10 Å². The van der Waals surface area contributed by atoms with Crippen molar-refractivity contribution < 1.29 is 4.74 Å². The molecule has 1 unspecified atom stereocenters. The number of aromatic nitrogens is 3. The lowest BCUT2D eigenvalue weighted by Gasteiger charge is -2.25. The first-order valence-electron chi connectivity index (χ1n) is 8.11. The average Bonchev–Trinajstić information content (AvgIpc) is 3.16. The standard InChI is InChI=1S/C16H24N6OS.HI/c1-11-6-7-24-13(11)8-18-16(17-2)19-12-4-5-15-20-14(10-23-3)21-22(15)9-12;/h6-7,12H,4-5,8-10H2,1-3H3,(H2,17,18,19);1H. The first kappa shape index (κ1) is 20.1. The summed E-state index contributed by atoms with van der Waals surface area (Å²) in [6.07, 6.45) is 1.93. The summed E-state index contributed by atoms with van der Waals surface area (Å²) in [4.78, 5) is 10.2. The molecular weight excluding hydrogens is 451 g/mol. The van der Waals surface area contributed by atoms with E-state index in [4.69, 9.17) is 4.74 Å². The summed E-state index contributed by atoms with van der Waals surface area (Å²) in [6, 6.07) is 2.44. The molecule has 25 heavy (non-hydrogen) atoms. The Morgan fingerprint density at radius 2 is 2.36 bits per heavy atom. The Morgan fingerprint density at radius 3 is 3.04 bits per heavy atom. The number of methoxy groups -OCH3 is 1. The third-order valence-corrected chi connectivity index (χ3v) is 5.15. The minimum Gasteiger partial charge on any atom is -0.377 e. The van der Waals surface area contributed by atoms with E-state index >= 15 is 0 Å². The maximum Gasteiger partial charge on any atom is 0.191 e. The molecule has 0 aromatic carbocycles. The zero-order chi connectivity index (χ0) is 16.9. The third kappa shape index (κ3) is 5.14. The van der Waals surface area contributed by atoms with Gasteiger partial charge >= 0.3 is 0 Å². The van der Waals surface area contributed by atoms with Crippen LogP contribution in [0.15, 0.2) is 16.4 Å². The molecule has 0 fully saturated rings. The summed E-state index contributed by atoms with van der Waals surface area (Å²) in [5, 5.41) is 13.5. The Hall–Kier alpha value is -1.20. The van der Waals surface area contributed by atoms with Gasteiger partial charge in [0.05, 0.1) is 13.1 Å². The number of aryl methyl sites for hydroxylation is 2. The van der Waals surface area contributed by atoms with Crippen LogP contribution in [0.5, 0.6) is 0 Å². The highest BCUT2D eigenvalue weighted by Crippen LogP contribution is 2.15. The van der Waals surface area contributed by atoms with Gasteiger partial charge in [-0.25, -0.2) is 9.67 Å². The van der Waals surface area contributed by atoms with Gasteiger partial charge in [0.25, 0.3) is 0 Å². The Balaban J connectivity index is 0.00000225. The van der Waals surface area contributed by atoms with E-state index in [0.717, 1.165) is 43.5 Å². The molecule has 9 heteroatoms. The molecule has 138 valence electrons. The number of nitrogens with zero attached hydrogens (tertiary/aromatic N) is 4. The van der Waals surface area contributed by atoms with Crippen LogP contribution in [0, 0.1) is 6.92 Å². The molecule has 3 rings (SSSR count). The zero-order valence-corrected chi connectivity index (χ0v) is 17.9. The normalized spacial score (nSPS) is 16.9. The SMILES string of the molecule is CN=C(NCc1sccc1C)NC1CCc2nc(COC)nn2C1.I. The summed E-state index contributed by atoms with van der Waals surface area (Å²) < 4.78 is 7.09. The fourth-order valence-electron chi connectivity index (χ4n) is 2.81. The number of hydrogen-bond acceptors (Lipinski definition) is 5. The van der Waals surface area contributed by atoms with Crippen molar-refractivity contribution in [2.75, 3.05) is 14.2 Å². The number of nitrogens with one attached hydrogen (secondary N) is 2. The fourth-order valence-corrected chi connectivity index (χ4v) is 3.65. The molecule has 0 saturated carbocycles. The van der Waals surface area contributed by atoms with Crippen LogP contribution in [0.2, 0.25) is 0 Å². The summed E-state index contributed by atoms with van der Waals surface area (Å²) >= 11 is 1.77. The topological polar surface area (TPSA) is 76.4 Å². The van der Waals surface area contributed by atoms with Crippen molar-refractivity contribution in [3.63, 3.8) is 0 Å². The van der Waals surface area contributed by atoms with Gasteiger partial charge in [0.1, 0.15) is 12.4 Å². The molecule has 1 aliphatic heterocycles. The van der Waals surface area contributed by atoms with Crippen molar-refractivity contribution in [3.8, 4) is 0 Å². The predicted octanol–water partition coefficient (Wildman–Crippen LogP) is 2.09. The van der Waals surface area contributed by atoms with Crippen molar-refractivity contribution in [1.29, 1.82) is 0 Å². The van der Waals surface area contributed by atoms with Crippen LogP contribution in [-0.2, 0) is 30.9 Å². The second-order valence-electron chi connectivity index (χ2n) is 5.89. The van der Waals surface area contributed by atoms with Gasteiger partial charge in [-0.1, -0.05) is 0 Å². The molecule has 2 aromatic heterocycles. The van der Waals surface area contributed by atoms with Crippen LogP contribution in [0.3, 0.4) is 0 Å². The van der Waals surface area contributed by atoms with E-state index in [2.05, 4.69) is 44.1 Å². The van der Waals surface area contributed by atoms with Crippen molar-refractivity contribution >= 4 is 41.3 Å². The Bertz CT molecular complexity index is 713. The van der Waals surface area contributed by atoms with Crippen molar-refractivity contribution in [2.24, 2.45) is 4.99 Å². The molecule has 1 aliphatic rings. The van der Waals surface area contributed by atoms with E-state index in [1.54, 1.807) is 25.5 Å². The molecule has 0 radical (unpaired) electrons. The van der Waals surface area contributed by atoms with Gasteiger partial charge in [-0.05, 0) is 30.4 Å². The number of guanidine groups is 1. The molecule has 0 amide bonds. The highest BCUT2D eigenvalue weighted by molar-refractivity contribution is 14.0. The summed E-state index contributed by atoms with van der Waals surface area (Å²) in [6.45, 7) is 4.18. The Kier molecular flexibility index (Phi) is 7.63. The Morgan fingerprint density at radius 1 is 1.52 bits per heavy atom. The molecule has 0 aliphatic carbocycles. The van der Waals surface area contributed by atoms with Gasteiger partial charge in [-0.15, -0.1) is 35.3 Å². The maximum atomic E-state index is 5.11. The zero-order valence-electron chi connectivity index (χ0n) is 14.8. The summed E-state index contributed by atoms with van der Waals surface area (Å²) in [7, 11) is 3.46. The van der Waals surface area contributed by atoms with Crippen LogP contribution in [0.4, 0.5) is 0 Å². The van der Waals surface area contributed by atoms with Crippen molar-refractivity contribution in [1.82, 2.24) is 25.4 Å². The molecule has 2 aromatic rings. The molecule has 2 N–H and O–H groups in total. The van der Waals surface area contributed by atoms with E-state index in [0.29, 0.717) is 12.6 Å². The average molecular weight is 476 g/mol. The van der Waals surface area contributed by atoms with E-state index in [1.165, 1.54) is 10.4 Å².